The number of benzene rings is 1. The highest BCUT2D eigenvalue weighted by atomic mass is 16.4. The molecule has 2 N–H and O–H groups in total. The number of carboxylic acid groups (broad SMARTS) is 1. The number of aryl methyl sites for hydroxylation is 1. The number of carbonyl (C=O) groups is 2. The van der Waals surface area contributed by atoms with Gasteiger partial charge in [-0.3, -0.25) is 4.79 Å². The first kappa shape index (κ1) is 13.5. The lowest BCUT2D eigenvalue weighted by Crippen LogP contribution is -2.36. The summed E-state index contributed by atoms with van der Waals surface area (Å²) in [5.74, 6) is -0.889. The second-order valence-corrected chi connectivity index (χ2v) is 4.62. The molecule has 0 saturated heterocycles. The molecule has 0 atom stereocenters. The van der Waals surface area contributed by atoms with Crippen LogP contribution < -0.4 is 4.90 Å². The van der Waals surface area contributed by atoms with Crippen molar-refractivity contribution < 1.29 is 19.8 Å². The van der Waals surface area contributed by atoms with E-state index in [1.54, 1.807) is 17.0 Å². The summed E-state index contributed by atoms with van der Waals surface area (Å²) < 4.78 is 0. The number of anilines is 1. The molecule has 1 aromatic rings. The van der Waals surface area contributed by atoms with E-state index < -0.39 is 5.97 Å². The molecule has 0 aromatic heterocycles. The third-order valence-corrected chi connectivity index (χ3v) is 3.32. The highest BCUT2D eigenvalue weighted by Gasteiger charge is 2.24. The summed E-state index contributed by atoms with van der Waals surface area (Å²) in [6, 6.07) is 4.87. The minimum Gasteiger partial charge on any atom is -0.478 e. The van der Waals surface area contributed by atoms with Crippen molar-refractivity contribution in [2.45, 2.75) is 25.7 Å². The molecule has 5 heteroatoms. The lowest BCUT2D eigenvalue weighted by atomic mass is 9.98. The fourth-order valence-corrected chi connectivity index (χ4v) is 2.32. The van der Waals surface area contributed by atoms with Crippen LogP contribution in [0.15, 0.2) is 18.2 Å². The van der Waals surface area contributed by atoms with Crippen molar-refractivity contribution in [3.63, 3.8) is 0 Å². The van der Waals surface area contributed by atoms with Crippen LogP contribution in [0.25, 0.3) is 0 Å². The molecule has 0 radical (unpaired) electrons. The lowest BCUT2D eigenvalue weighted by Gasteiger charge is -2.29. The largest absolute Gasteiger partial charge is 0.478 e. The summed E-state index contributed by atoms with van der Waals surface area (Å²) >= 11 is 0. The Morgan fingerprint density at radius 3 is 2.74 bits per heavy atom. The fourth-order valence-electron chi connectivity index (χ4n) is 2.32. The van der Waals surface area contributed by atoms with Gasteiger partial charge in [-0.2, -0.15) is 0 Å². The number of nitrogens with zero attached hydrogens (tertiary/aromatic N) is 1. The Hall–Kier alpha value is -1.88. The zero-order valence-corrected chi connectivity index (χ0v) is 10.6. The van der Waals surface area contributed by atoms with Gasteiger partial charge in [0.25, 0.3) is 0 Å². The molecule has 1 heterocycles. The quantitative estimate of drug-likeness (QED) is 0.788. The summed E-state index contributed by atoms with van der Waals surface area (Å²) in [7, 11) is 0. The summed E-state index contributed by atoms with van der Waals surface area (Å²) in [6.45, 7) is 0.686. The monoisotopic (exact) mass is 263 g/mol. The molecule has 1 aromatic carbocycles. The Bertz CT molecular complexity index is 498. The minimum absolute atomic E-state index is 0.0634. The van der Waals surface area contributed by atoms with Crippen LogP contribution in [0, 0.1) is 0 Å². The molecule has 102 valence electrons. The zero-order chi connectivity index (χ0) is 13.8. The maximum absolute atomic E-state index is 11.9. The average molecular weight is 263 g/mol. The molecule has 0 spiro atoms. The van der Waals surface area contributed by atoms with E-state index in [4.69, 9.17) is 10.2 Å². The smallest absolute Gasteiger partial charge is 0.335 e. The molecule has 0 saturated carbocycles. The summed E-state index contributed by atoms with van der Waals surface area (Å²) in [4.78, 5) is 24.5. The molecule has 19 heavy (non-hydrogen) atoms. The number of unbranched alkanes of at least 4 members (excludes halogenated alkanes) is 1. The van der Waals surface area contributed by atoms with Crippen molar-refractivity contribution >= 4 is 17.6 Å². The SMILES string of the molecule is O=C(O)c1ccc2c(c1)CCC(=O)N2CCCCO. The maximum Gasteiger partial charge on any atom is 0.335 e. The number of rotatable bonds is 5. The van der Waals surface area contributed by atoms with Crippen LogP contribution in [0.3, 0.4) is 0 Å². The van der Waals surface area contributed by atoms with Crippen molar-refractivity contribution in [1.29, 1.82) is 0 Å². The topological polar surface area (TPSA) is 77.8 Å². The number of carboxylic acids is 1. The van der Waals surface area contributed by atoms with Gasteiger partial charge in [-0.15, -0.1) is 0 Å². The summed E-state index contributed by atoms with van der Waals surface area (Å²) in [5.41, 5.74) is 1.96. The second-order valence-electron chi connectivity index (χ2n) is 4.62. The Kier molecular flexibility index (Phi) is 4.16. The van der Waals surface area contributed by atoms with E-state index in [1.165, 1.54) is 6.07 Å². The molecule has 0 aliphatic carbocycles. The Morgan fingerprint density at radius 1 is 1.26 bits per heavy atom. The van der Waals surface area contributed by atoms with Gasteiger partial charge < -0.3 is 15.1 Å². The number of hydrogen-bond acceptors (Lipinski definition) is 3. The lowest BCUT2D eigenvalue weighted by molar-refractivity contribution is -0.118. The Labute approximate surface area is 111 Å². The standard InChI is InChI=1S/C14H17NO4/c16-8-2-1-7-15-12-5-3-11(14(18)19)9-10(12)4-6-13(15)17/h3,5,9,16H,1-2,4,6-8H2,(H,18,19). The van der Waals surface area contributed by atoms with Crippen molar-refractivity contribution in [2.75, 3.05) is 18.1 Å². The van der Waals surface area contributed by atoms with Crippen LogP contribution in [-0.4, -0.2) is 35.2 Å². The minimum atomic E-state index is -0.952. The summed E-state index contributed by atoms with van der Waals surface area (Å²) in [6.07, 6.45) is 2.40. The number of hydrogen-bond donors (Lipinski definition) is 2. The first-order chi connectivity index (χ1) is 9.13. The molecular weight excluding hydrogens is 246 g/mol. The molecule has 0 fully saturated rings. The van der Waals surface area contributed by atoms with E-state index in [1.807, 2.05) is 0 Å². The van der Waals surface area contributed by atoms with Gasteiger partial charge in [0.15, 0.2) is 0 Å². The molecule has 5 nitrogen and oxygen atoms in total. The Morgan fingerprint density at radius 2 is 2.05 bits per heavy atom. The van der Waals surface area contributed by atoms with Crippen molar-refractivity contribution in [3.05, 3.63) is 29.3 Å². The number of fused-ring (bicyclic) bond motifs is 1. The number of aliphatic hydroxyl groups excluding tert-OH is 1. The molecule has 0 unspecified atom stereocenters. The van der Waals surface area contributed by atoms with Crippen LogP contribution in [0.4, 0.5) is 5.69 Å². The average Bonchev–Trinajstić information content (AvgIpc) is 2.40. The fraction of sp³-hybridized carbons (Fsp3) is 0.429. The third kappa shape index (κ3) is 2.93. The number of amides is 1. The van der Waals surface area contributed by atoms with E-state index in [-0.39, 0.29) is 18.1 Å². The first-order valence-corrected chi connectivity index (χ1v) is 6.41. The molecular formula is C14H17NO4. The molecule has 1 aliphatic heterocycles. The van der Waals surface area contributed by atoms with Crippen LogP contribution >= 0.6 is 0 Å². The normalized spacial score (nSPS) is 14.4. The number of carbonyl (C=O) groups excluding carboxylic acids is 1. The highest BCUT2D eigenvalue weighted by molar-refractivity contribution is 5.97. The first-order valence-electron chi connectivity index (χ1n) is 6.41. The maximum atomic E-state index is 11.9. The highest BCUT2D eigenvalue weighted by Crippen LogP contribution is 2.29. The van der Waals surface area contributed by atoms with Gasteiger partial charge in [-0.1, -0.05) is 0 Å². The third-order valence-electron chi connectivity index (χ3n) is 3.32. The van der Waals surface area contributed by atoms with Crippen LogP contribution in [0.1, 0.15) is 35.2 Å². The second kappa shape index (κ2) is 5.84. The van der Waals surface area contributed by atoms with E-state index in [0.29, 0.717) is 25.8 Å². The zero-order valence-electron chi connectivity index (χ0n) is 10.6. The van der Waals surface area contributed by atoms with Crippen LogP contribution in [0.2, 0.25) is 0 Å². The van der Waals surface area contributed by atoms with Gasteiger partial charge in [0.2, 0.25) is 5.91 Å². The van der Waals surface area contributed by atoms with Gasteiger partial charge >= 0.3 is 5.97 Å². The predicted molar refractivity (Wildman–Crippen MR) is 70.4 cm³/mol. The predicted octanol–water partition coefficient (Wildman–Crippen LogP) is 1.44. The molecule has 2 rings (SSSR count). The van der Waals surface area contributed by atoms with Crippen molar-refractivity contribution in [1.82, 2.24) is 0 Å². The van der Waals surface area contributed by atoms with Crippen LogP contribution in [-0.2, 0) is 11.2 Å². The van der Waals surface area contributed by atoms with Crippen LogP contribution in [0.5, 0.6) is 0 Å². The molecule has 1 aliphatic rings. The van der Waals surface area contributed by atoms with E-state index in [2.05, 4.69) is 0 Å². The van der Waals surface area contributed by atoms with Crippen molar-refractivity contribution in [2.24, 2.45) is 0 Å². The Balaban J connectivity index is 2.23. The van der Waals surface area contributed by atoms with Gasteiger partial charge in [-0.25, -0.2) is 4.79 Å². The van der Waals surface area contributed by atoms with E-state index in [0.717, 1.165) is 17.7 Å². The molecule has 1 amide bonds. The van der Waals surface area contributed by atoms with E-state index >= 15 is 0 Å². The summed E-state index contributed by atoms with van der Waals surface area (Å²) in [5, 5.41) is 17.8. The van der Waals surface area contributed by atoms with Gasteiger partial charge in [0, 0.05) is 25.3 Å². The molecule has 0 bridgehead atoms. The van der Waals surface area contributed by atoms with Gasteiger partial charge in [0.05, 0.1) is 5.56 Å². The van der Waals surface area contributed by atoms with Gasteiger partial charge in [-0.05, 0) is 43.0 Å². The van der Waals surface area contributed by atoms with E-state index in [9.17, 15) is 9.59 Å². The van der Waals surface area contributed by atoms with Gasteiger partial charge in [0.1, 0.15) is 0 Å². The number of aromatic carboxylic acids is 1. The van der Waals surface area contributed by atoms with Crippen molar-refractivity contribution in [3.8, 4) is 0 Å². The number of aliphatic hydroxyl groups is 1.